The van der Waals surface area contributed by atoms with Gasteiger partial charge in [0, 0.05) is 18.0 Å². The van der Waals surface area contributed by atoms with Crippen molar-refractivity contribution in [3.05, 3.63) is 57.8 Å². The maximum atomic E-state index is 10.9. The second-order valence-corrected chi connectivity index (χ2v) is 4.79. The molecule has 0 amide bonds. The summed E-state index contributed by atoms with van der Waals surface area (Å²) in [5.41, 5.74) is 2.59. The fourth-order valence-corrected chi connectivity index (χ4v) is 2.12. The Morgan fingerprint density at radius 1 is 1.39 bits per heavy atom. The Balaban J connectivity index is 2.18. The highest BCUT2D eigenvalue weighted by molar-refractivity contribution is 9.10. The summed E-state index contributed by atoms with van der Waals surface area (Å²) in [6.07, 6.45) is 4.33. The van der Waals surface area contributed by atoms with E-state index in [4.69, 9.17) is 4.74 Å². The van der Waals surface area contributed by atoms with Crippen LogP contribution in [0.25, 0.3) is 0 Å². The third kappa shape index (κ3) is 2.96. The second kappa shape index (κ2) is 5.78. The summed E-state index contributed by atoms with van der Waals surface area (Å²) in [5.74, 6) is 0.564. The van der Waals surface area contributed by atoms with E-state index in [0.717, 1.165) is 21.9 Å². The Bertz CT molecular complexity index is 569. The number of halogens is 1. The zero-order valence-electron chi connectivity index (χ0n) is 9.89. The molecular weight excluding hydrogens is 294 g/mol. The quantitative estimate of drug-likeness (QED) is 0.811. The molecule has 2 rings (SSSR count). The molecule has 2 aromatic rings. The molecule has 0 radical (unpaired) electrons. The topological polar surface area (TPSA) is 39.2 Å². The first-order chi connectivity index (χ1) is 8.70. The van der Waals surface area contributed by atoms with E-state index >= 15 is 0 Å². The van der Waals surface area contributed by atoms with Gasteiger partial charge >= 0.3 is 0 Å². The molecule has 0 aliphatic heterocycles. The monoisotopic (exact) mass is 305 g/mol. The molecule has 0 aliphatic carbocycles. The zero-order chi connectivity index (χ0) is 13.0. The van der Waals surface area contributed by atoms with Gasteiger partial charge in [0.05, 0.1) is 10.0 Å². The number of hydrogen-bond acceptors (Lipinski definition) is 3. The van der Waals surface area contributed by atoms with Gasteiger partial charge in [0.2, 0.25) is 0 Å². The summed E-state index contributed by atoms with van der Waals surface area (Å²) in [4.78, 5) is 15.0. The molecule has 0 aliphatic rings. The van der Waals surface area contributed by atoms with Gasteiger partial charge in [-0.3, -0.25) is 9.78 Å². The summed E-state index contributed by atoms with van der Waals surface area (Å²) >= 11 is 3.38. The van der Waals surface area contributed by atoms with E-state index in [9.17, 15) is 4.79 Å². The van der Waals surface area contributed by atoms with E-state index in [1.54, 1.807) is 24.5 Å². The first-order valence-corrected chi connectivity index (χ1v) is 6.27. The lowest BCUT2D eigenvalue weighted by molar-refractivity contribution is 0.111. The van der Waals surface area contributed by atoms with Crippen LogP contribution >= 0.6 is 15.9 Å². The third-order valence-corrected chi connectivity index (χ3v) is 3.06. The number of aryl methyl sites for hydroxylation is 1. The number of pyridine rings is 1. The Hall–Kier alpha value is -1.68. The van der Waals surface area contributed by atoms with Gasteiger partial charge in [0.1, 0.15) is 12.4 Å². The normalized spacial score (nSPS) is 10.1. The van der Waals surface area contributed by atoms with Crippen molar-refractivity contribution in [2.45, 2.75) is 13.5 Å². The standard InChI is InChI=1S/C14H12BrNO2/c1-10-5-11(7-16-6-10)9-18-14-12(8-17)3-2-4-13(14)15/h2-8H,9H2,1H3. The third-order valence-electron chi connectivity index (χ3n) is 2.44. The van der Waals surface area contributed by atoms with Gasteiger partial charge in [-0.05, 0) is 46.6 Å². The lowest BCUT2D eigenvalue weighted by atomic mass is 10.2. The molecule has 0 bridgehead atoms. The minimum absolute atomic E-state index is 0.387. The van der Waals surface area contributed by atoms with Crippen LogP contribution in [0.15, 0.2) is 41.1 Å². The highest BCUT2D eigenvalue weighted by atomic mass is 79.9. The number of aldehydes is 1. The summed E-state index contributed by atoms with van der Waals surface area (Å²) < 4.78 is 6.45. The first-order valence-electron chi connectivity index (χ1n) is 5.47. The average molecular weight is 306 g/mol. The van der Waals surface area contributed by atoms with Crippen LogP contribution in [0.4, 0.5) is 0 Å². The molecule has 18 heavy (non-hydrogen) atoms. The highest BCUT2D eigenvalue weighted by Crippen LogP contribution is 2.28. The number of carbonyl (C=O) groups excluding carboxylic acids is 1. The minimum Gasteiger partial charge on any atom is -0.487 e. The van der Waals surface area contributed by atoms with Crippen molar-refractivity contribution in [3.8, 4) is 5.75 Å². The van der Waals surface area contributed by atoms with Crippen molar-refractivity contribution < 1.29 is 9.53 Å². The molecule has 3 nitrogen and oxygen atoms in total. The van der Waals surface area contributed by atoms with Crippen LogP contribution in [0.2, 0.25) is 0 Å². The number of para-hydroxylation sites is 1. The molecule has 0 saturated heterocycles. The molecule has 1 aromatic heterocycles. The molecule has 1 heterocycles. The van der Waals surface area contributed by atoms with E-state index < -0.39 is 0 Å². The van der Waals surface area contributed by atoms with Gasteiger partial charge in [-0.25, -0.2) is 0 Å². The van der Waals surface area contributed by atoms with Crippen LogP contribution in [-0.2, 0) is 6.61 Å². The summed E-state index contributed by atoms with van der Waals surface area (Å²) in [5, 5.41) is 0. The van der Waals surface area contributed by atoms with Crippen molar-refractivity contribution >= 4 is 22.2 Å². The molecule has 0 fully saturated rings. The lowest BCUT2D eigenvalue weighted by Gasteiger charge is -2.10. The Labute approximate surface area is 114 Å². The van der Waals surface area contributed by atoms with Crippen molar-refractivity contribution in [1.82, 2.24) is 4.98 Å². The van der Waals surface area contributed by atoms with E-state index in [2.05, 4.69) is 20.9 Å². The van der Waals surface area contributed by atoms with Gasteiger partial charge in [-0.2, -0.15) is 0 Å². The van der Waals surface area contributed by atoms with E-state index in [0.29, 0.717) is 17.9 Å². The van der Waals surface area contributed by atoms with Crippen molar-refractivity contribution in [2.24, 2.45) is 0 Å². The SMILES string of the molecule is Cc1cncc(COc2c(Br)cccc2C=O)c1. The number of aromatic nitrogens is 1. The number of hydrogen-bond donors (Lipinski definition) is 0. The fourth-order valence-electron chi connectivity index (χ4n) is 1.62. The van der Waals surface area contributed by atoms with Gasteiger partial charge in [-0.1, -0.05) is 6.07 Å². The lowest BCUT2D eigenvalue weighted by Crippen LogP contribution is -2.00. The van der Waals surface area contributed by atoms with Gasteiger partial charge in [-0.15, -0.1) is 0 Å². The summed E-state index contributed by atoms with van der Waals surface area (Å²) in [7, 11) is 0. The smallest absolute Gasteiger partial charge is 0.153 e. The summed E-state index contributed by atoms with van der Waals surface area (Å²) in [6.45, 7) is 2.36. The van der Waals surface area contributed by atoms with E-state index in [1.165, 1.54) is 0 Å². The highest BCUT2D eigenvalue weighted by Gasteiger charge is 2.07. The van der Waals surface area contributed by atoms with Crippen molar-refractivity contribution in [2.75, 3.05) is 0 Å². The molecule has 92 valence electrons. The largest absolute Gasteiger partial charge is 0.487 e. The first kappa shape index (κ1) is 12.8. The molecular formula is C14H12BrNO2. The van der Waals surface area contributed by atoms with E-state index in [1.807, 2.05) is 19.1 Å². The number of benzene rings is 1. The predicted molar refractivity (Wildman–Crippen MR) is 72.8 cm³/mol. The Morgan fingerprint density at radius 3 is 2.94 bits per heavy atom. The molecule has 1 aromatic carbocycles. The van der Waals surface area contributed by atoms with Crippen LogP contribution in [-0.4, -0.2) is 11.3 Å². The molecule has 0 N–H and O–H groups in total. The average Bonchev–Trinajstić information content (AvgIpc) is 2.37. The van der Waals surface area contributed by atoms with Crippen LogP contribution in [0.1, 0.15) is 21.5 Å². The van der Waals surface area contributed by atoms with E-state index in [-0.39, 0.29) is 0 Å². The van der Waals surface area contributed by atoms with Gasteiger partial charge < -0.3 is 4.74 Å². The zero-order valence-corrected chi connectivity index (χ0v) is 11.5. The Kier molecular flexibility index (Phi) is 4.10. The predicted octanol–water partition coefficient (Wildman–Crippen LogP) is 3.54. The van der Waals surface area contributed by atoms with Crippen LogP contribution in [0.3, 0.4) is 0 Å². The maximum absolute atomic E-state index is 10.9. The van der Waals surface area contributed by atoms with Crippen LogP contribution in [0, 0.1) is 6.92 Å². The van der Waals surface area contributed by atoms with Gasteiger partial charge in [0.15, 0.2) is 6.29 Å². The number of ether oxygens (including phenoxy) is 1. The van der Waals surface area contributed by atoms with Gasteiger partial charge in [0.25, 0.3) is 0 Å². The number of rotatable bonds is 4. The number of nitrogens with zero attached hydrogens (tertiary/aromatic N) is 1. The van der Waals surface area contributed by atoms with Crippen LogP contribution in [0.5, 0.6) is 5.75 Å². The van der Waals surface area contributed by atoms with Crippen LogP contribution < -0.4 is 4.74 Å². The molecule has 4 heteroatoms. The Morgan fingerprint density at radius 2 is 2.22 bits per heavy atom. The fraction of sp³-hybridized carbons (Fsp3) is 0.143. The molecule has 0 saturated carbocycles. The molecule has 0 atom stereocenters. The minimum atomic E-state index is 0.387. The second-order valence-electron chi connectivity index (χ2n) is 3.94. The van der Waals surface area contributed by atoms with Crippen molar-refractivity contribution in [1.29, 1.82) is 0 Å². The molecule has 0 unspecified atom stereocenters. The number of carbonyl (C=O) groups is 1. The summed E-state index contributed by atoms with van der Waals surface area (Å²) in [6, 6.07) is 7.37. The molecule has 0 spiro atoms. The maximum Gasteiger partial charge on any atom is 0.153 e. The van der Waals surface area contributed by atoms with Crippen molar-refractivity contribution in [3.63, 3.8) is 0 Å².